The van der Waals surface area contributed by atoms with Crippen molar-refractivity contribution in [2.24, 2.45) is 5.73 Å². The highest BCUT2D eigenvalue weighted by Gasteiger charge is 2.10. The Kier molecular flexibility index (Phi) is 3.59. The first-order valence-electron chi connectivity index (χ1n) is 4.03. The van der Waals surface area contributed by atoms with E-state index in [1.165, 1.54) is 0 Å². The maximum Gasteiger partial charge on any atom is 0.120 e. The minimum atomic E-state index is -0.336. The van der Waals surface area contributed by atoms with Crippen LogP contribution in [0.4, 0.5) is 0 Å². The monoisotopic (exact) mass is 199 g/mol. The largest absolute Gasteiger partial charge is 0.508 e. The Labute approximate surface area is 82.6 Å². The molecular formula is C9H13NO2S. The van der Waals surface area contributed by atoms with Crippen molar-refractivity contribution in [3.8, 4) is 5.75 Å². The molecule has 1 rings (SSSR count). The van der Waals surface area contributed by atoms with Gasteiger partial charge in [-0.15, -0.1) is 12.6 Å². The molecule has 0 saturated carbocycles. The number of phenolic OH excluding ortho intramolecular Hbond substituents is 1. The molecule has 72 valence electrons. The zero-order valence-corrected chi connectivity index (χ0v) is 8.04. The average Bonchev–Trinajstić information content (AvgIpc) is 2.09. The summed E-state index contributed by atoms with van der Waals surface area (Å²) in [7, 11) is 0. The zero-order valence-electron chi connectivity index (χ0n) is 7.14. The van der Waals surface area contributed by atoms with Crippen LogP contribution in [0.5, 0.6) is 5.75 Å². The highest BCUT2D eigenvalue weighted by molar-refractivity contribution is 7.80. The van der Waals surface area contributed by atoms with Crippen LogP contribution in [0.25, 0.3) is 0 Å². The Morgan fingerprint density at radius 3 is 2.77 bits per heavy atom. The minimum Gasteiger partial charge on any atom is -0.508 e. The number of rotatable bonds is 3. The smallest absolute Gasteiger partial charge is 0.120 e. The molecule has 0 spiro atoms. The second kappa shape index (κ2) is 4.50. The predicted molar refractivity (Wildman–Crippen MR) is 54.0 cm³/mol. The van der Waals surface area contributed by atoms with Crippen LogP contribution in [0, 0.1) is 0 Å². The van der Waals surface area contributed by atoms with Gasteiger partial charge in [-0.1, -0.05) is 0 Å². The van der Waals surface area contributed by atoms with Crippen LogP contribution >= 0.6 is 12.6 Å². The number of benzene rings is 1. The van der Waals surface area contributed by atoms with Gasteiger partial charge in [0.15, 0.2) is 0 Å². The van der Waals surface area contributed by atoms with Gasteiger partial charge < -0.3 is 15.9 Å². The predicted octanol–water partition coefficient (Wildman–Crippen LogP) is 1.06. The molecule has 1 unspecified atom stereocenters. The van der Waals surface area contributed by atoms with Crippen LogP contribution in [-0.4, -0.2) is 16.8 Å². The van der Waals surface area contributed by atoms with E-state index in [1.54, 1.807) is 18.2 Å². The number of hydrogen-bond acceptors (Lipinski definition) is 4. The lowest BCUT2D eigenvalue weighted by Crippen LogP contribution is -2.12. The maximum atomic E-state index is 9.44. The number of aliphatic hydroxyl groups is 1. The highest BCUT2D eigenvalue weighted by Crippen LogP contribution is 2.26. The normalized spacial score (nSPS) is 12.8. The summed E-state index contributed by atoms with van der Waals surface area (Å²) in [6.07, 6.45) is 0.435. The first-order valence-corrected chi connectivity index (χ1v) is 4.48. The second-order valence-corrected chi connectivity index (χ2v) is 3.38. The maximum absolute atomic E-state index is 9.44. The van der Waals surface area contributed by atoms with Crippen LogP contribution in [0.3, 0.4) is 0 Å². The van der Waals surface area contributed by atoms with E-state index < -0.39 is 0 Å². The van der Waals surface area contributed by atoms with Crippen molar-refractivity contribution in [2.75, 3.05) is 6.61 Å². The molecule has 1 atom stereocenters. The van der Waals surface area contributed by atoms with Gasteiger partial charge in [0, 0.05) is 23.1 Å². The number of thiol groups is 1. The van der Waals surface area contributed by atoms with Crippen LogP contribution in [0.15, 0.2) is 23.1 Å². The molecule has 0 aliphatic rings. The van der Waals surface area contributed by atoms with E-state index in [0.29, 0.717) is 12.0 Å². The van der Waals surface area contributed by atoms with Crippen LogP contribution in [0.1, 0.15) is 18.0 Å². The Hall–Kier alpha value is -0.710. The van der Waals surface area contributed by atoms with Crippen LogP contribution in [0.2, 0.25) is 0 Å². The molecule has 0 amide bonds. The van der Waals surface area contributed by atoms with Gasteiger partial charge in [-0.2, -0.15) is 0 Å². The number of phenols is 1. The van der Waals surface area contributed by atoms with E-state index in [2.05, 4.69) is 12.6 Å². The fraction of sp³-hybridized carbons (Fsp3) is 0.333. The van der Waals surface area contributed by atoms with Crippen molar-refractivity contribution < 1.29 is 10.2 Å². The molecule has 0 bridgehead atoms. The second-order valence-electron chi connectivity index (χ2n) is 2.86. The molecule has 0 saturated heterocycles. The molecule has 0 aliphatic heterocycles. The molecule has 0 fully saturated rings. The fourth-order valence-electron chi connectivity index (χ4n) is 1.13. The summed E-state index contributed by atoms with van der Waals surface area (Å²) in [5.74, 6) is 0.152. The summed E-state index contributed by atoms with van der Waals surface area (Å²) >= 11 is 4.13. The van der Waals surface area contributed by atoms with Crippen molar-refractivity contribution >= 4 is 12.6 Å². The van der Waals surface area contributed by atoms with Crippen molar-refractivity contribution in [3.63, 3.8) is 0 Å². The van der Waals surface area contributed by atoms with E-state index >= 15 is 0 Å². The molecule has 3 nitrogen and oxygen atoms in total. The molecule has 0 aliphatic carbocycles. The third-order valence-corrected chi connectivity index (χ3v) is 2.13. The number of aromatic hydroxyl groups is 1. The van der Waals surface area contributed by atoms with Gasteiger partial charge in [0.2, 0.25) is 0 Å². The van der Waals surface area contributed by atoms with Crippen molar-refractivity contribution in [2.45, 2.75) is 17.4 Å². The number of aliphatic hydroxyl groups excluding tert-OH is 1. The Balaban J connectivity index is 2.91. The third-order valence-electron chi connectivity index (χ3n) is 1.85. The summed E-state index contributed by atoms with van der Waals surface area (Å²) in [6, 6.07) is 4.61. The van der Waals surface area contributed by atoms with E-state index in [1.807, 2.05) is 0 Å². The Bertz CT molecular complexity index is 291. The molecule has 13 heavy (non-hydrogen) atoms. The van der Waals surface area contributed by atoms with Crippen molar-refractivity contribution in [1.82, 2.24) is 0 Å². The van der Waals surface area contributed by atoms with Gasteiger partial charge >= 0.3 is 0 Å². The molecule has 0 heterocycles. The summed E-state index contributed by atoms with van der Waals surface area (Å²) in [4.78, 5) is 0.751. The van der Waals surface area contributed by atoms with E-state index in [4.69, 9.17) is 10.8 Å². The molecule has 0 aromatic heterocycles. The standard InChI is InChI=1S/C9H13NO2S/c10-8(3-4-11)7-5-6(13)1-2-9(7)12/h1-2,5,8,11-13H,3-4,10H2. The summed E-state index contributed by atoms with van der Waals surface area (Å²) in [5.41, 5.74) is 6.35. The van der Waals surface area contributed by atoms with Crippen molar-refractivity contribution in [3.05, 3.63) is 23.8 Å². The van der Waals surface area contributed by atoms with E-state index in [-0.39, 0.29) is 18.4 Å². The first-order chi connectivity index (χ1) is 6.15. The lowest BCUT2D eigenvalue weighted by Gasteiger charge is -2.12. The van der Waals surface area contributed by atoms with Gasteiger partial charge in [-0.3, -0.25) is 0 Å². The zero-order chi connectivity index (χ0) is 9.84. The first kappa shape index (κ1) is 10.4. The molecule has 0 radical (unpaired) electrons. The molecule has 4 N–H and O–H groups in total. The summed E-state index contributed by atoms with van der Waals surface area (Å²) in [6.45, 7) is 0.0113. The molecule has 1 aromatic carbocycles. The lowest BCUT2D eigenvalue weighted by atomic mass is 10.0. The minimum absolute atomic E-state index is 0.0113. The molecular weight excluding hydrogens is 186 g/mol. The van der Waals surface area contributed by atoms with Gasteiger partial charge in [-0.05, 0) is 24.6 Å². The van der Waals surface area contributed by atoms with Gasteiger partial charge in [-0.25, -0.2) is 0 Å². The highest BCUT2D eigenvalue weighted by atomic mass is 32.1. The fourth-order valence-corrected chi connectivity index (χ4v) is 1.35. The molecule has 1 aromatic rings. The van der Waals surface area contributed by atoms with Gasteiger partial charge in [0.05, 0.1) is 0 Å². The van der Waals surface area contributed by atoms with Crippen LogP contribution < -0.4 is 5.73 Å². The Morgan fingerprint density at radius 2 is 2.15 bits per heavy atom. The van der Waals surface area contributed by atoms with E-state index in [0.717, 1.165) is 4.90 Å². The van der Waals surface area contributed by atoms with Gasteiger partial charge in [0.25, 0.3) is 0 Å². The van der Waals surface area contributed by atoms with Crippen molar-refractivity contribution in [1.29, 1.82) is 0 Å². The summed E-state index contributed by atoms with van der Waals surface area (Å²) in [5, 5.41) is 18.1. The third kappa shape index (κ3) is 2.62. The number of nitrogens with two attached hydrogens (primary N) is 1. The van der Waals surface area contributed by atoms with E-state index in [9.17, 15) is 5.11 Å². The topological polar surface area (TPSA) is 66.5 Å². The van der Waals surface area contributed by atoms with Gasteiger partial charge in [0.1, 0.15) is 5.75 Å². The quantitative estimate of drug-likeness (QED) is 0.550. The summed E-state index contributed by atoms with van der Waals surface area (Å²) < 4.78 is 0. The average molecular weight is 199 g/mol. The SMILES string of the molecule is NC(CCO)c1cc(S)ccc1O. The van der Waals surface area contributed by atoms with Crippen LogP contribution in [-0.2, 0) is 0 Å². The Morgan fingerprint density at radius 1 is 1.46 bits per heavy atom. The number of hydrogen-bond donors (Lipinski definition) is 4. The molecule has 4 heteroatoms. The lowest BCUT2D eigenvalue weighted by molar-refractivity contribution is 0.275.